The van der Waals surface area contributed by atoms with Gasteiger partial charge in [-0.05, 0) is 32.4 Å². The van der Waals surface area contributed by atoms with Gasteiger partial charge >= 0.3 is 0 Å². The normalized spacial score (nSPS) is 16.4. The van der Waals surface area contributed by atoms with Gasteiger partial charge in [0.2, 0.25) is 5.91 Å². The number of carbonyl (C=O) groups excluding carboxylic acids is 2. The van der Waals surface area contributed by atoms with Crippen molar-refractivity contribution >= 4 is 23.4 Å². The number of halogens is 1. The molecular weight excluding hydrogens is 278 g/mol. The summed E-state index contributed by atoms with van der Waals surface area (Å²) in [5.74, 6) is -0.0366. The average molecular weight is 296 g/mol. The first-order valence-corrected chi connectivity index (χ1v) is 7.06. The molecule has 0 radical (unpaired) electrons. The Bertz CT molecular complexity index is 513. The van der Waals surface area contributed by atoms with E-state index in [1.165, 1.54) is 6.07 Å². The van der Waals surface area contributed by atoms with Gasteiger partial charge in [-0.2, -0.15) is 0 Å². The van der Waals surface area contributed by atoms with E-state index in [9.17, 15) is 9.59 Å². The third kappa shape index (κ3) is 3.70. The van der Waals surface area contributed by atoms with Crippen LogP contribution in [0.5, 0.6) is 0 Å². The lowest BCUT2D eigenvalue weighted by Crippen LogP contribution is -2.42. The second kappa shape index (κ2) is 6.22. The number of pyridine rings is 1. The van der Waals surface area contributed by atoms with E-state index in [1.807, 2.05) is 6.92 Å². The molecular formula is C14H18ClN3O2. The molecule has 0 bridgehead atoms. The monoisotopic (exact) mass is 295 g/mol. The van der Waals surface area contributed by atoms with Crippen molar-refractivity contribution in [2.45, 2.75) is 32.7 Å². The van der Waals surface area contributed by atoms with Crippen molar-refractivity contribution < 1.29 is 9.59 Å². The van der Waals surface area contributed by atoms with Crippen molar-refractivity contribution in [3.8, 4) is 0 Å². The van der Waals surface area contributed by atoms with E-state index < -0.39 is 0 Å². The molecule has 1 saturated heterocycles. The van der Waals surface area contributed by atoms with E-state index in [1.54, 1.807) is 17.9 Å². The molecule has 1 atom stereocenters. The average Bonchev–Trinajstić information content (AvgIpc) is 2.73. The van der Waals surface area contributed by atoms with Gasteiger partial charge < -0.3 is 10.2 Å². The number of aromatic nitrogens is 1. The molecule has 1 aliphatic rings. The summed E-state index contributed by atoms with van der Waals surface area (Å²) in [7, 11) is 0. The fraction of sp³-hybridized carbons (Fsp3) is 0.500. The summed E-state index contributed by atoms with van der Waals surface area (Å²) in [6.07, 6.45) is 1.51. The zero-order valence-electron chi connectivity index (χ0n) is 11.6. The molecule has 2 amide bonds. The van der Waals surface area contributed by atoms with E-state index in [0.29, 0.717) is 29.4 Å². The summed E-state index contributed by atoms with van der Waals surface area (Å²) in [6, 6.07) is 3.13. The molecule has 20 heavy (non-hydrogen) atoms. The largest absolute Gasteiger partial charge is 0.348 e. The van der Waals surface area contributed by atoms with E-state index in [2.05, 4.69) is 10.3 Å². The van der Waals surface area contributed by atoms with Crippen LogP contribution >= 0.6 is 11.6 Å². The van der Waals surface area contributed by atoms with Gasteiger partial charge in [0.1, 0.15) is 5.15 Å². The van der Waals surface area contributed by atoms with Gasteiger partial charge in [-0.3, -0.25) is 9.59 Å². The lowest BCUT2D eigenvalue weighted by Gasteiger charge is -2.21. The molecule has 0 aromatic carbocycles. The van der Waals surface area contributed by atoms with Gasteiger partial charge in [0.05, 0.1) is 0 Å². The Morgan fingerprint density at radius 2 is 2.30 bits per heavy atom. The predicted octanol–water partition coefficient (Wildman–Crippen LogP) is 1.78. The Hall–Kier alpha value is -1.62. The zero-order valence-corrected chi connectivity index (χ0v) is 12.4. The molecule has 5 nitrogen and oxygen atoms in total. The van der Waals surface area contributed by atoms with Gasteiger partial charge in [0.15, 0.2) is 0 Å². The van der Waals surface area contributed by atoms with Gasteiger partial charge in [-0.1, -0.05) is 11.6 Å². The van der Waals surface area contributed by atoms with Crippen molar-refractivity contribution in [3.63, 3.8) is 0 Å². The Morgan fingerprint density at radius 1 is 1.55 bits per heavy atom. The fourth-order valence-corrected chi connectivity index (χ4v) is 2.59. The molecule has 1 aliphatic heterocycles. The van der Waals surface area contributed by atoms with Crippen LogP contribution in [0, 0.1) is 6.92 Å². The quantitative estimate of drug-likeness (QED) is 0.861. The summed E-state index contributed by atoms with van der Waals surface area (Å²) < 4.78 is 0. The van der Waals surface area contributed by atoms with E-state index >= 15 is 0 Å². The Balaban J connectivity index is 1.94. The van der Waals surface area contributed by atoms with Crippen LogP contribution in [0.1, 0.15) is 35.8 Å². The van der Waals surface area contributed by atoms with Crippen LogP contribution in [-0.2, 0) is 4.79 Å². The number of nitrogens with zero attached hydrogens (tertiary/aromatic N) is 2. The molecule has 0 saturated carbocycles. The van der Waals surface area contributed by atoms with Crippen molar-refractivity contribution in [1.82, 2.24) is 15.2 Å². The molecule has 0 aliphatic carbocycles. The SMILES string of the molecule is Cc1cc(C(=O)NC(C)CN2CCCC2=O)cc(Cl)n1. The number of nitrogens with one attached hydrogen (secondary N) is 1. The van der Waals surface area contributed by atoms with Crippen molar-refractivity contribution in [2.75, 3.05) is 13.1 Å². The van der Waals surface area contributed by atoms with Crippen LogP contribution in [0.15, 0.2) is 12.1 Å². The molecule has 1 unspecified atom stereocenters. The van der Waals surface area contributed by atoms with Gasteiger partial charge in [-0.15, -0.1) is 0 Å². The molecule has 0 spiro atoms. The van der Waals surface area contributed by atoms with Crippen LogP contribution in [0.2, 0.25) is 5.15 Å². The highest BCUT2D eigenvalue weighted by Crippen LogP contribution is 2.12. The maximum atomic E-state index is 12.1. The zero-order chi connectivity index (χ0) is 14.7. The van der Waals surface area contributed by atoms with Gasteiger partial charge in [0, 0.05) is 36.8 Å². The smallest absolute Gasteiger partial charge is 0.251 e. The maximum absolute atomic E-state index is 12.1. The maximum Gasteiger partial charge on any atom is 0.251 e. The lowest BCUT2D eigenvalue weighted by molar-refractivity contribution is -0.127. The topological polar surface area (TPSA) is 62.3 Å². The second-order valence-corrected chi connectivity index (χ2v) is 5.52. The number of aryl methyl sites for hydroxylation is 1. The van der Waals surface area contributed by atoms with Crippen LogP contribution in [-0.4, -0.2) is 40.8 Å². The molecule has 108 valence electrons. The summed E-state index contributed by atoms with van der Waals surface area (Å²) in [4.78, 5) is 29.5. The molecule has 1 fully saturated rings. The molecule has 6 heteroatoms. The number of likely N-dealkylation sites (tertiary alicyclic amines) is 1. The highest BCUT2D eigenvalue weighted by Gasteiger charge is 2.22. The second-order valence-electron chi connectivity index (χ2n) is 5.14. The lowest BCUT2D eigenvalue weighted by atomic mass is 10.2. The van der Waals surface area contributed by atoms with Crippen molar-refractivity contribution in [3.05, 3.63) is 28.5 Å². The molecule has 2 heterocycles. The molecule has 2 rings (SSSR count). The van der Waals surface area contributed by atoms with Crippen molar-refractivity contribution in [1.29, 1.82) is 0 Å². The first-order chi connectivity index (χ1) is 9.45. The first-order valence-electron chi connectivity index (χ1n) is 6.68. The van der Waals surface area contributed by atoms with Crippen LogP contribution in [0.4, 0.5) is 0 Å². The fourth-order valence-electron chi connectivity index (χ4n) is 2.34. The van der Waals surface area contributed by atoms with Gasteiger partial charge in [-0.25, -0.2) is 4.98 Å². The number of hydrogen-bond acceptors (Lipinski definition) is 3. The van der Waals surface area contributed by atoms with Crippen LogP contribution < -0.4 is 5.32 Å². The number of rotatable bonds is 4. The van der Waals surface area contributed by atoms with E-state index in [4.69, 9.17) is 11.6 Å². The first kappa shape index (κ1) is 14.8. The Morgan fingerprint density at radius 3 is 2.90 bits per heavy atom. The Labute approximate surface area is 123 Å². The highest BCUT2D eigenvalue weighted by molar-refractivity contribution is 6.29. The molecule has 1 aromatic rings. The summed E-state index contributed by atoms with van der Waals surface area (Å²) in [5.41, 5.74) is 1.19. The van der Waals surface area contributed by atoms with Crippen LogP contribution in [0.3, 0.4) is 0 Å². The highest BCUT2D eigenvalue weighted by atomic mass is 35.5. The minimum atomic E-state index is -0.198. The number of carbonyl (C=O) groups is 2. The number of amides is 2. The summed E-state index contributed by atoms with van der Waals surface area (Å²) in [5, 5.41) is 3.18. The summed E-state index contributed by atoms with van der Waals surface area (Å²) >= 11 is 5.84. The molecule has 1 N–H and O–H groups in total. The van der Waals surface area contributed by atoms with Gasteiger partial charge in [0.25, 0.3) is 5.91 Å². The molecule has 1 aromatic heterocycles. The van der Waals surface area contributed by atoms with Crippen molar-refractivity contribution in [2.24, 2.45) is 0 Å². The third-order valence-electron chi connectivity index (χ3n) is 3.23. The summed E-state index contributed by atoms with van der Waals surface area (Å²) in [6.45, 7) is 5.00. The Kier molecular flexibility index (Phi) is 4.60. The third-order valence-corrected chi connectivity index (χ3v) is 3.42. The van der Waals surface area contributed by atoms with E-state index in [0.717, 1.165) is 13.0 Å². The van der Waals surface area contributed by atoms with E-state index in [-0.39, 0.29) is 17.9 Å². The number of hydrogen-bond donors (Lipinski definition) is 1. The predicted molar refractivity (Wildman–Crippen MR) is 76.7 cm³/mol. The minimum Gasteiger partial charge on any atom is -0.348 e. The van der Waals surface area contributed by atoms with Crippen LogP contribution in [0.25, 0.3) is 0 Å². The standard InChI is InChI=1S/C14H18ClN3O2/c1-9-6-11(7-12(15)16-9)14(20)17-10(2)8-18-5-3-4-13(18)19/h6-7,10H,3-5,8H2,1-2H3,(H,17,20). The minimum absolute atomic E-state index is 0.100.